The highest BCUT2D eigenvalue weighted by Crippen LogP contribution is 2.44. The van der Waals surface area contributed by atoms with Crippen LogP contribution >= 0.6 is 11.8 Å². The fraction of sp³-hybridized carbons (Fsp3) is 0.762. The largest absolute Gasteiger partial charge is 0.460 e. The molecule has 35 heavy (non-hydrogen) atoms. The first-order valence-corrected chi connectivity index (χ1v) is 12.4. The van der Waals surface area contributed by atoms with Gasteiger partial charge in [0.2, 0.25) is 5.91 Å². The number of hydrogen-bond acceptors (Lipinski definition) is 10. The van der Waals surface area contributed by atoms with Crippen molar-refractivity contribution in [2.45, 2.75) is 74.9 Å². The van der Waals surface area contributed by atoms with Gasteiger partial charge in [-0.3, -0.25) is 14.4 Å². The number of amides is 4. The Bertz CT molecular complexity index is 820. The maximum Gasteiger partial charge on any atom is 0.356 e. The summed E-state index contributed by atoms with van der Waals surface area (Å²) in [6.07, 6.45) is 1.42. The lowest BCUT2D eigenvalue weighted by Crippen LogP contribution is -2.57. The number of hydroxylamine groups is 1. The molecule has 14 heteroatoms. The van der Waals surface area contributed by atoms with Crippen LogP contribution in [0.3, 0.4) is 0 Å². The van der Waals surface area contributed by atoms with E-state index in [1.807, 2.05) is 0 Å². The second kappa shape index (κ2) is 12.4. The number of aliphatic hydroxyl groups excluding tert-OH is 1. The van der Waals surface area contributed by atoms with Crippen molar-refractivity contribution >= 4 is 41.5 Å². The summed E-state index contributed by atoms with van der Waals surface area (Å²) in [4.78, 5) is 66.0. The van der Waals surface area contributed by atoms with Crippen molar-refractivity contribution in [3.8, 4) is 0 Å². The van der Waals surface area contributed by atoms with Crippen LogP contribution in [0, 0.1) is 0 Å². The third-order valence-corrected chi connectivity index (χ3v) is 7.08. The number of fused-ring (bicyclic) bond motifs is 1. The van der Waals surface area contributed by atoms with E-state index in [0.29, 0.717) is 25.0 Å². The number of thioether (sulfide) groups is 1. The normalized spacial score (nSPS) is 24.0. The molecule has 6 N–H and O–H groups in total. The van der Waals surface area contributed by atoms with Gasteiger partial charge in [0.05, 0.1) is 25.2 Å². The van der Waals surface area contributed by atoms with E-state index in [1.54, 1.807) is 27.8 Å². The van der Waals surface area contributed by atoms with E-state index in [4.69, 9.17) is 9.57 Å². The van der Waals surface area contributed by atoms with E-state index in [2.05, 4.69) is 26.7 Å². The van der Waals surface area contributed by atoms with Crippen LogP contribution in [0.5, 0.6) is 0 Å². The molecule has 2 fully saturated rings. The van der Waals surface area contributed by atoms with Crippen molar-refractivity contribution in [3.05, 3.63) is 0 Å². The summed E-state index contributed by atoms with van der Waals surface area (Å²) in [6.45, 7) is 4.55. The van der Waals surface area contributed by atoms with Gasteiger partial charge in [-0.2, -0.15) is 5.48 Å². The van der Waals surface area contributed by atoms with Crippen LogP contribution in [0.2, 0.25) is 0 Å². The molecule has 4 atom stereocenters. The van der Waals surface area contributed by atoms with E-state index in [1.165, 1.54) is 11.8 Å². The number of carbonyl (C=O) groups is 5. The van der Waals surface area contributed by atoms with E-state index in [9.17, 15) is 29.1 Å². The van der Waals surface area contributed by atoms with Gasteiger partial charge in [-0.25, -0.2) is 9.59 Å². The molecule has 2 aliphatic rings. The third-order valence-electron chi connectivity index (χ3n) is 5.40. The first kappa shape index (κ1) is 28.7. The van der Waals surface area contributed by atoms with Crippen molar-refractivity contribution in [1.29, 1.82) is 0 Å². The Balaban J connectivity index is 2.00. The number of nitrogens with one attached hydrogen (secondary N) is 5. The molecule has 0 radical (unpaired) electrons. The average molecular weight is 518 g/mol. The van der Waals surface area contributed by atoms with Crippen LogP contribution in [0.25, 0.3) is 0 Å². The summed E-state index contributed by atoms with van der Waals surface area (Å²) in [5.74, 6) is -2.09. The van der Waals surface area contributed by atoms with Gasteiger partial charge in [0.25, 0.3) is 5.91 Å². The van der Waals surface area contributed by atoms with Gasteiger partial charge < -0.3 is 35.9 Å². The van der Waals surface area contributed by atoms with Gasteiger partial charge in [-0.1, -0.05) is 6.42 Å². The molecule has 0 aromatic heterocycles. The van der Waals surface area contributed by atoms with Gasteiger partial charge in [0.1, 0.15) is 10.3 Å². The predicted molar refractivity (Wildman–Crippen MR) is 126 cm³/mol. The summed E-state index contributed by atoms with van der Waals surface area (Å²) in [7, 11) is 1.54. The molecular formula is C21H35N5O8S. The number of urea groups is 1. The number of likely N-dealkylation sites (N-methyl/N-ethyl adjacent to an activating group) is 1. The predicted octanol–water partition coefficient (Wildman–Crippen LogP) is -1.30. The molecule has 0 saturated carbocycles. The molecule has 2 heterocycles. The molecular weight excluding hydrogens is 482 g/mol. The summed E-state index contributed by atoms with van der Waals surface area (Å²) < 4.78 is 4.15. The molecule has 13 nitrogen and oxygen atoms in total. The van der Waals surface area contributed by atoms with Gasteiger partial charge in [-0.05, 0) is 40.7 Å². The van der Waals surface area contributed by atoms with Gasteiger partial charge in [0, 0.05) is 12.2 Å². The quantitative estimate of drug-likeness (QED) is 0.0833. The number of carbonyl (C=O) groups excluding carboxylic acids is 5. The van der Waals surface area contributed by atoms with E-state index >= 15 is 0 Å². The Hall–Kier alpha value is -2.58. The lowest BCUT2D eigenvalue weighted by molar-refractivity contribution is -0.163. The SMILES string of the molecule is CNCC(=O)N[C@@H](CO)C(=O)ONC(=O)[C@@]1(CCCCC(=O)OC(C)(C)C)SC[C@@H]2NC(=O)N[C@@H]21. The van der Waals surface area contributed by atoms with Crippen molar-refractivity contribution in [2.75, 3.05) is 26.0 Å². The van der Waals surface area contributed by atoms with Crippen molar-refractivity contribution in [2.24, 2.45) is 0 Å². The third kappa shape index (κ3) is 7.97. The summed E-state index contributed by atoms with van der Waals surface area (Å²) >= 11 is 1.32. The zero-order valence-corrected chi connectivity index (χ0v) is 21.2. The molecule has 2 saturated heterocycles. The Morgan fingerprint density at radius 3 is 2.57 bits per heavy atom. The second-order valence-electron chi connectivity index (χ2n) is 9.38. The maximum absolute atomic E-state index is 13.2. The highest BCUT2D eigenvalue weighted by atomic mass is 32.2. The Labute approximate surface area is 208 Å². The van der Waals surface area contributed by atoms with E-state index in [-0.39, 0.29) is 25.0 Å². The number of esters is 1. The lowest BCUT2D eigenvalue weighted by atomic mass is 9.88. The molecule has 0 aromatic carbocycles. The molecule has 0 bridgehead atoms. The van der Waals surface area contributed by atoms with Gasteiger partial charge >= 0.3 is 18.0 Å². The highest BCUT2D eigenvalue weighted by Gasteiger charge is 2.58. The van der Waals surface area contributed by atoms with Crippen LogP contribution in [0.4, 0.5) is 4.79 Å². The second-order valence-corrected chi connectivity index (χ2v) is 10.7. The number of ether oxygens (including phenoxy) is 1. The number of rotatable bonds is 11. The maximum atomic E-state index is 13.2. The zero-order chi connectivity index (χ0) is 26.2. The average Bonchev–Trinajstić information content (AvgIpc) is 3.30. The fourth-order valence-electron chi connectivity index (χ4n) is 3.88. The molecule has 0 aromatic rings. The molecule has 0 aliphatic carbocycles. The monoisotopic (exact) mass is 517 g/mol. The number of hydrogen-bond donors (Lipinski definition) is 6. The van der Waals surface area contributed by atoms with Crippen LogP contribution in [0.15, 0.2) is 0 Å². The van der Waals surface area contributed by atoms with Crippen LogP contribution in [-0.2, 0) is 28.8 Å². The minimum Gasteiger partial charge on any atom is -0.460 e. The highest BCUT2D eigenvalue weighted by molar-refractivity contribution is 8.01. The van der Waals surface area contributed by atoms with Crippen molar-refractivity contribution < 1.29 is 38.7 Å². The molecule has 198 valence electrons. The first-order valence-electron chi connectivity index (χ1n) is 11.4. The van der Waals surface area contributed by atoms with Crippen LogP contribution in [-0.4, -0.2) is 89.3 Å². The summed E-state index contributed by atoms with van der Waals surface area (Å²) in [6, 6.07) is -2.59. The molecule has 4 amide bonds. The Morgan fingerprint density at radius 2 is 1.94 bits per heavy atom. The first-order chi connectivity index (χ1) is 16.4. The number of aliphatic hydroxyl groups is 1. The Kier molecular flexibility index (Phi) is 10.2. The molecule has 0 spiro atoms. The number of unbranched alkanes of at least 4 members (excludes halogenated alkanes) is 1. The molecule has 2 aliphatic heterocycles. The van der Waals surface area contributed by atoms with Crippen LogP contribution in [0.1, 0.15) is 46.5 Å². The Morgan fingerprint density at radius 1 is 1.23 bits per heavy atom. The van der Waals surface area contributed by atoms with E-state index < -0.39 is 52.9 Å². The van der Waals surface area contributed by atoms with Crippen molar-refractivity contribution in [3.63, 3.8) is 0 Å². The van der Waals surface area contributed by atoms with Gasteiger partial charge in [-0.15, -0.1) is 11.8 Å². The van der Waals surface area contributed by atoms with E-state index in [0.717, 1.165) is 0 Å². The fourth-order valence-corrected chi connectivity index (χ4v) is 5.50. The standard InChI is InChI=1S/C21H35N5O8S/c1-20(2,3)33-15(29)7-5-6-8-21(16-13(11-35-21)24-19(32)25-16)18(31)26-34-17(30)12(10-27)23-14(28)9-22-4/h12-13,16,22,27H,5-11H2,1-4H3,(H,23,28)(H,26,31)(H2,24,25,32)/t12-,13-,16-,21-/m0/s1. The summed E-state index contributed by atoms with van der Waals surface area (Å²) in [5.41, 5.74) is 1.55. The molecule has 2 rings (SSSR count). The van der Waals surface area contributed by atoms with Crippen LogP contribution < -0.4 is 26.7 Å². The van der Waals surface area contributed by atoms with Crippen molar-refractivity contribution in [1.82, 2.24) is 26.7 Å². The minimum absolute atomic E-state index is 0.0745. The van der Waals surface area contributed by atoms with Gasteiger partial charge in [0.15, 0.2) is 6.04 Å². The minimum atomic E-state index is -1.36. The summed E-state index contributed by atoms with van der Waals surface area (Å²) in [5, 5.41) is 19.8. The molecule has 0 unspecified atom stereocenters. The zero-order valence-electron chi connectivity index (χ0n) is 20.4. The smallest absolute Gasteiger partial charge is 0.356 e. The lowest BCUT2D eigenvalue weighted by Gasteiger charge is -2.32. The topological polar surface area (TPSA) is 184 Å².